The van der Waals surface area contributed by atoms with E-state index in [1.807, 2.05) is 0 Å². The third kappa shape index (κ3) is 3.57. The fourth-order valence-electron chi connectivity index (χ4n) is 3.50. The summed E-state index contributed by atoms with van der Waals surface area (Å²) < 4.78 is 5.54. The fourth-order valence-corrected chi connectivity index (χ4v) is 3.50. The van der Waals surface area contributed by atoms with Crippen LogP contribution in [0.4, 0.5) is 5.82 Å². The van der Waals surface area contributed by atoms with Crippen LogP contribution in [0, 0.1) is 0 Å². The molecule has 7 heteroatoms. The molecule has 1 saturated heterocycles. The molecule has 1 aromatic carbocycles. The van der Waals surface area contributed by atoms with Gasteiger partial charge in [0.15, 0.2) is 0 Å². The number of nitrogen functional groups attached to an aromatic ring is 1. The van der Waals surface area contributed by atoms with Gasteiger partial charge in [-0.2, -0.15) is 4.98 Å². The molecule has 3 aromatic rings. The second kappa shape index (κ2) is 7.61. The van der Waals surface area contributed by atoms with Crippen molar-refractivity contribution in [1.29, 1.82) is 0 Å². The fraction of sp³-hybridized carbons (Fsp3) is 0.368. The van der Waals surface area contributed by atoms with E-state index in [1.54, 1.807) is 6.20 Å². The van der Waals surface area contributed by atoms with Crippen molar-refractivity contribution in [3.05, 3.63) is 54.3 Å². The van der Waals surface area contributed by atoms with Crippen molar-refractivity contribution in [3.8, 4) is 11.4 Å². The van der Waals surface area contributed by atoms with E-state index in [0.29, 0.717) is 23.1 Å². The van der Waals surface area contributed by atoms with Crippen molar-refractivity contribution in [1.82, 2.24) is 25.0 Å². The Morgan fingerprint density at radius 2 is 2.12 bits per heavy atom. The highest BCUT2D eigenvalue weighted by atomic mass is 16.5. The van der Waals surface area contributed by atoms with Gasteiger partial charge in [-0.15, -0.1) is 0 Å². The predicted molar refractivity (Wildman–Crippen MR) is 98.0 cm³/mol. The molecule has 0 spiro atoms. The molecule has 3 heterocycles. The lowest BCUT2D eigenvalue weighted by Crippen LogP contribution is -2.25. The molecular weight excluding hydrogens is 328 g/mol. The minimum Gasteiger partial charge on any atom is -0.383 e. The highest BCUT2D eigenvalue weighted by Gasteiger charge is 2.30. The van der Waals surface area contributed by atoms with E-state index in [0.717, 1.165) is 38.8 Å². The molecule has 1 atom stereocenters. The van der Waals surface area contributed by atoms with Crippen LogP contribution in [-0.4, -0.2) is 38.1 Å². The monoisotopic (exact) mass is 350 g/mol. The number of anilines is 1. The molecule has 1 fully saturated rings. The van der Waals surface area contributed by atoms with E-state index in [4.69, 9.17) is 10.3 Å². The van der Waals surface area contributed by atoms with Crippen molar-refractivity contribution < 1.29 is 4.52 Å². The Bertz CT molecular complexity index is 850. The van der Waals surface area contributed by atoms with E-state index in [9.17, 15) is 0 Å². The summed E-state index contributed by atoms with van der Waals surface area (Å²) in [6.45, 7) is 2.08. The van der Waals surface area contributed by atoms with Gasteiger partial charge in [0, 0.05) is 6.20 Å². The zero-order chi connectivity index (χ0) is 17.8. The molecule has 0 unspecified atom stereocenters. The Morgan fingerprint density at radius 3 is 2.96 bits per heavy atom. The first-order chi connectivity index (χ1) is 12.8. The van der Waals surface area contributed by atoms with Gasteiger partial charge in [0.05, 0.1) is 11.6 Å². The zero-order valence-corrected chi connectivity index (χ0v) is 14.6. The van der Waals surface area contributed by atoms with Gasteiger partial charge in [-0.25, -0.2) is 9.97 Å². The minimum absolute atomic E-state index is 0.179. The molecule has 4 rings (SSSR count). The minimum atomic E-state index is 0.179. The second-order valence-electron chi connectivity index (χ2n) is 6.56. The first kappa shape index (κ1) is 16.7. The topological polar surface area (TPSA) is 94.0 Å². The predicted octanol–water partition coefficient (Wildman–Crippen LogP) is 2.88. The molecule has 0 aliphatic carbocycles. The lowest BCUT2D eigenvalue weighted by molar-refractivity contribution is 0.206. The highest BCUT2D eigenvalue weighted by molar-refractivity contribution is 5.66. The molecule has 134 valence electrons. The van der Waals surface area contributed by atoms with Gasteiger partial charge in [-0.3, -0.25) is 4.90 Å². The Morgan fingerprint density at radius 1 is 1.23 bits per heavy atom. The quantitative estimate of drug-likeness (QED) is 0.730. The summed E-state index contributed by atoms with van der Waals surface area (Å²) in [6.07, 6.45) is 7.39. The van der Waals surface area contributed by atoms with Gasteiger partial charge in [0.2, 0.25) is 11.7 Å². The third-order valence-electron chi connectivity index (χ3n) is 4.83. The van der Waals surface area contributed by atoms with Crippen LogP contribution in [-0.2, 0) is 6.42 Å². The van der Waals surface area contributed by atoms with E-state index in [-0.39, 0.29) is 6.04 Å². The summed E-state index contributed by atoms with van der Waals surface area (Å²) in [5.41, 5.74) is 7.87. The standard InChI is InChI=1S/C19H22N6O/c20-17-15(12-21-13-22-17)18-23-19(26-24-18)16-9-5-11-25(16)10-4-8-14-6-2-1-3-7-14/h1-3,6-7,12-13,16H,4-5,8-11H2,(H2,20,21,22)/t16-/m0/s1. The van der Waals surface area contributed by atoms with Crippen LogP contribution in [0.5, 0.6) is 0 Å². The Labute approximate surface area is 152 Å². The number of nitrogens with zero attached hydrogens (tertiary/aromatic N) is 5. The highest BCUT2D eigenvalue weighted by Crippen LogP contribution is 2.32. The summed E-state index contributed by atoms with van der Waals surface area (Å²) in [5.74, 6) is 1.47. The smallest absolute Gasteiger partial charge is 0.244 e. The average Bonchev–Trinajstić information content (AvgIpc) is 3.32. The van der Waals surface area contributed by atoms with Crippen LogP contribution in [0.15, 0.2) is 47.4 Å². The summed E-state index contributed by atoms with van der Waals surface area (Å²) in [6, 6.07) is 10.8. The summed E-state index contributed by atoms with van der Waals surface area (Å²) in [4.78, 5) is 15.0. The van der Waals surface area contributed by atoms with Crippen molar-refractivity contribution in [2.45, 2.75) is 31.7 Å². The van der Waals surface area contributed by atoms with E-state index < -0.39 is 0 Å². The molecule has 26 heavy (non-hydrogen) atoms. The normalized spacial score (nSPS) is 17.6. The zero-order valence-electron chi connectivity index (χ0n) is 14.6. The molecule has 0 saturated carbocycles. The number of aromatic nitrogens is 4. The van der Waals surface area contributed by atoms with Crippen molar-refractivity contribution in [2.24, 2.45) is 0 Å². The second-order valence-corrected chi connectivity index (χ2v) is 6.56. The van der Waals surface area contributed by atoms with E-state index >= 15 is 0 Å². The van der Waals surface area contributed by atoms with Gasteiger partial charge >= 0.3 is 0 Å². The van der Waals surface area contributed by atoms with Crippen LogP contribution in [0.1, 0.15) is 36.8 Å². The Balaban J connectivity index is 1.41. The SMILES string of the molecule is Nc1ncncc1-c1noc([C@@H]2CCCN2CCCc2ccccc2)n1. The maximum atomic E-state index is 5.88. The van der Waals surface area contributed by atoms with E-state index in [1.165, 1.54) is 11.9 Å². The summed E-state index contributed by atoms with van der Waals surface area (Å²) in [5, 5.41) is 4.08. The molecule has 2 aromatic heterocycles. The largest absolute Gasteiger partial charge is 0.383 e. The van der Waals surface area contributed by atoms with Gasteiger partial charge < -0.3 is 10.3 Å². The van der Waals surface area contributed by atoms with Gasteiger partial charge in [-0.1, -0.05) is 35.5 Å². The maximum absolute atomic E-state index is 5.88. The first-order valence-corrected chi connectivity index (χ1v) is 8.98. The number of benzene rings is 1. The molecule has 0 radical (unpaired) electrons. The lowest BCUT2D eigenvalue weighted by atomic mass is 10.1. The number of likely N-dealkylation sites (tertiary alicyclic amines) is 1. The van der Waals surface area contributed by atoms with Crippen molar-refractivity contribution >= 4 is 5.82 Å². The maximum Gasteiger partial charge on any atom is 0.244 e. The van der Waals surface area contributed by atoms with Crippen molar-refractivity contribution in [3.63, 3.8) is 0 Å². The van der Waals surface area contributed by atoms with Gasteiger partial charge in [0.1, 0.15) is 12.1 Å². The van der Waals surface area contributed by atoms with Crippen LogP contribution in [0.25, 0.3) is 11.4 Å². The molecule has 1 aliphatic rings. The van der Waals surface area contributed by atoms with Crippen LogP contribution in [0.2, 0.25) is 0 Å². The van der Waals surface area contributed by atoms with Crippen molar-refractivity contribution in [2.75, 3.05) is 18.8 Å². The average molecular weight is 350 g/mol. The number of rotatable bonds is 6. The lowest BCUT2D eigenvalue weighted by Gasteiger charge is -2.21. The van der Waals surface area contributed by atoms with Crippen LogP contribution >= 0.6 is 0 Å². The number of aryl methyl sites for hydroxylation is 1. The number of hydrogen-bond donors (Lipinski definition) is 1. The third-order valence-corrected chi connectivity index (χ3v) is 4.83. The molecular formula is C19H22N6O. The summed E-state index contributed by atoms with van der Waals surface area (Å²) in [7, 11) is 0. The Hall–Kier alpha value is -2.80. The number of nitrogens with two attached hydrogens (primary N) is 1. The van der Waals surface area contributed by atoms with Gasteiger partial charge in [-0.05, 0) is 44.3 Å². The first-order valence-electron chi connectivity index (χ1n) is 8.98. The summed E-state index contributed by atoms with van der Waals surface area (Å²) >= 11 is 0. The molecule has 0 bridgehead atoms. The molecule has 7 nitrogen and oxygen atoms in total. The van der Waals surface area contributed by atoms with Crippen LogP contribution in [0.3, 0.4) is 0 Å². The van der Waals surface area contributed by atoms with Crippen LogP contribution < -0.4 is 5.73 Å². The van der Waals surface area contributed by atoms with Gasteiger partial charge in [0.25, 0.3) is 0 Å². The van der Waals surface area contributed by atoms with E-state index in [2.05, 4.69) is 55.3 Å². The molecule has 2 N–H and O–H groups in total. The molecule has 0 amide bonds. The Kier molecular flexibility index (Phi) is 4.88. The molecule has 1 aliphatic heterocycles. The number of hydrogen-bond acceptors (Lipinski definition) is 7.